The summed E-state index contributed by atoms with van der Waals surface area (Å²) in [4.78, 5) is 16.5. The summed E-state index contributed by atoms with van der Waals surface area (Å²) in [5.41, 5.74) is 0.851. The number of aryl methyl sites for hydroxylation is 1. The molecule has 0 radical (unpaired) electrons. The van der Waals surface area contributed by atoms with Crippen molar-refractivity contribution in [2.45, 2.75) is 11.9 Å². The maximum atomic E-state index is 14.6. The van der Waals surface area contributed by atoms with Crippen LogP contribution in [0.3, 0.4) is 0 Å². The molecular formula is C21H16F2N2O4S. The number of hydrogen-bond donors (Lipinski definition) is 1. The van der Waals surface area contributed by atoms with Crippen molar-refractivity contribution in [2.24, 2.45) is 0 Å². The van der Waals surface area contributed by atoms with Crippen LogP contribution in [-0.2, 0) is 15.7 Å². The molecule has 2 aromatic carbocycles. The van der Waals surface area contributed by atoms with E-state index >= 15 is 0 Å². The number of carbonyl (C=O) groups is 1. The molecular weight excluding hydrogens is 414 g/mol. The summed E-state index contributed by atoms with van der Waals surface area (Å²) in [7, 11) is -2.01. The first-order chi connectivity index (χ1) is 14.4. The van der Waals surface area contributed by atoms with E-state index in [4.69, 9.17) is 9.47 Å². The minimum Gasteiger partial charge on any atom is -0.489 e. The molecule has 0 saturated heterocycles. The minimum atomic E-state index is -2.01. The van der Waals surface area contributed by atoms with Gasteiger partial charge in [-0.3, -0.25) is 4.72 Å². The van der Waals surface area contributed by atoms with Gasteiger partial charge in [0.1, 0.15) is 35.6 Å². The van der Waals surface area contributed by atoms with E-state index in [1.807, 2.05) is 0 Å². The zero-order valence-corrected chi connectivity index (χ0v) is 16.6. The van der Waals surface area contributed by atoms with Gasteiger partial charge < -0.3 is 9.47 Å². The smallest absolute Gasteiger partial charge is 0.338 e. The van der Waals surface area contributed by atoms with Crippen molar-refractivity contribution in [1.82, 2.24) is 4.98 Å². The molecule has 3 aromatic rings. The normalized spacial score (nSPS) is 16.2. The highest BCUT2D eigenvalue weighted by molar-refractivity contribution is 7.86. The SMILES string of the molecule is Cc1cc2cc(n1)S(=O)Nc1cc(c(F)cc1F)-c1ccccc1OCCOC2=O. The Kier molecular flexibility index (Phi) is 5.45. The van der Waals surface area contributed by atoms with Gasteiger partial charge >= 0.3 is 5.97 Å². The predicted octanol–water partition coefficient (Wildman–Crippen LogP) is 4.02. The summed E-state index contributed by atoms with van der Waals surface area (Å²) < 4.78 is 55.1. The number of ether oxygens (including phenoxy) is 2. The highest BCUT2D eigenvalue weighted by Gasteiger charge is 2.19. The molecule has 0 fully saturated rings. The van der Waals surface area contributed by atoms with Crippen molar-refractivity contribution in [1.29, 1.82) is 0 Å². The average molecular weight is 430 g/mol. The number of halogens is 2. The van der Waals surface area contributed by atoms with Gasteiger partial charge in [0, 0.05) is 22.9 Å². The van der Waals surface area contributed by atoms with Gasteiger partial charge in [-0.15, -0.1) is 0 Å². The maximum Gasteiger partial charge on any atom is 0.338 e. The van der Waals surface area contributed by atoms with Gasteiger partial charge in [-0.2, -0.15) is 0 Å². The lowest BCUT2D eigenvalue weighted by Crippen LogP contribution is -2.14. The molecule has 4 bridgehead atoms. The van der Waals surface area contributed by atoms with Crippen LogP contribution in [0, 0.1) is 18.6 Å². The molecule has 2 heterocycles. The molecule has 0 aliphatic carbocycles. The molecule has 1 N–H and O–H groups in total. The third kappa shape index (κ3) is 4.02. The molecule has 1 aromatic heterocycles. The number of esters is 1. The zero-order valence-electron chi connectivity index (χ0n) is 15.8. The third-order valence-electron chi connectivity index (χ3n) is 4.37. The lowest BCUT2D eigenvalue weighted by atomic mass is 10.0. The van der Waals surface area contributed by atoms with Crippen molar-refractivity contribution < 1.29 is 27.3 Å². The molecule has 1 unspecified atom stereocenters. The van der Waals surface area contributed by atoms with E-state index in [1.54, 1.807) is 31.2 Å². The van der Waals surface area contributed by atoms with E-state index in [0.717, 1.165) is 0 Å². The minimum absolute atomic E-state index is 0.0127. The van der Waals surface area contributed by atoms with Gasteiger partial charge in [-0.1, -0.05) is 18.2 Å². The fraction of sp³-hybridized carbons (Fsp3) is 0.143. The van der Waals surface area contributed by atoms with Gasteiger partial charge in [-0.25, -0.2) is 22.8 Å². The highest BCUT2D eigenvalue weighted by Crippen LogP contribution is 2.35. The summed E-state index contributed by atoms with van der Waals surface area (Å²) in [6.45, 7) is 1.60. The molecule has 4 rings (SSSR count). The third-order valence-corrected chi connectivity index (χ3v) is 5.36. The molecule has 1 atom stereocenters. The second kappa shape index (κ2) is 8.19. The number of aromatic nitrogens is 1. The van der Waals surface area contributed by atoms with Crippen LogP contribution < -0.4 is 9.46 Å². The number of hydrogen-bond acceptors (Lipinski definition) is 5. The number of para-hydroxylation sites is 1. The number of benzene rings is 2. The summed E-state index contributed by atoms with van der Waals surface area (Å²) in [5, 5.41) is 0.0127. The average Bonchev–Trinajstić information content (AvgIpc) is 2.72. The quantitative estimate of drug-likeness (QED) is 0.545. The number of anilines is 1. The van der Waals surface area contributed by atoms with E-state index in [9.17, 15) is 17.8 Å². The highest BCUT2D eigenvalue weighted by atomic mass is 32.2. The topological polar surface area (TPSA) is 77.5 Å². The lowest BCUT2D eigenvalue weighted by Gasteiger charge is -2.14. The number of nitrogens with zero attached hydrogens (tertiary/aromatic N) is 1. The molecule has 9 heteroatoms. The molecule has 6 nitrogen and oxygen atoms in total. The summed E-state index contributed by atoms with van der Waals surface area (Å²) in [6.07, 6.45) is 0. The van der Waals surface area contributed by atoms with Gasteiger partial charge in [0.2, 0.25) is 0 Å². The van der Waals surface area contributed by atoms with E-state index in [1.165, 1.54) is 18.2 Å². The molecule has 0 amide bonds. The number of cyclic esters (lactones) is 1. The lowest BCUT2D eigenvalue weighted by molar-refractivity contribution is 0.0450. The molecule has 1 aliphatic heterocycles. The van der Waals surface area contributed by atoms with E-state index in [-0.39, 0.29) is 35.1 Å². The largest absolute Gasteiger partial charge is 0.489 e. The Morgan fingerprint density at radius 3 is 2.60 bits per heavy atom. The fourth-order valence-electron chi connectivity index (χ4n) is 3.02. The summed E-state index contributed by atoms with van der Waals surface area (Å²) in [6, 6.07) is 11.4. The summed E-state index contributed by atoms with van der Waals surface area (Å²) in [5.74, 6) is -2.02. The molecule has 0 saturated carbocycles. The van der Waals surface area contributed by atoms with Crippen LogP contribution in [0.5, 0.6) is 5.75 Å². The first-order valence-electron chi connectivity index (χ1n) is 8.98. The second-order valence-electron chi connectivity index (χ2n) is 6.50. The number of carbonyl (C=O) groups excluding carboxylic acids is 1. The van der Waals surface area contributed by atoms with Crippen molar-refractivity contribution in [3.63, 3.8) is 0 Å². The Morgan fingerprint density at radius 2 is 1.77 bits per heavy atom. The maximum absolute atomic E-state index is 14.6. The van der Waals surface area contributed by atoms with Crippen LogP contribution in [0.4, 0.5) is 14.5 Å². The van der Waals surface area contributed by atoms with E-state index in [0.29, 0.717) is 23.1 Å². The first-order valence-corrected chi connectivity index (χ1v) is 10.1. The fourth-order valence-corrected chi connectivity index (χ4v) is 3.94. The van der Waals surface area contributed by atoms with Crippen LogP contribution in [0.1, 0.15) is 16.1 Å². The van der Waals surface area contributed by atoms with Crippen LogP contribution >= 0.6 is 0 Å². The summed E-state index contributed by atoms with van der Waals surface area (Å²) >= 11 is 0. The molecule has 30 heavy (non-hydrogen) atoms. The second-order valence-corrected chi connectivity index (χ2v) is 7.66. The Hall–Kier alpha value is -3.33. The molecule has 154 valence electrons. The van der Waals surface area contributed by atoms with Crippen LogP contribution in [0.25, 0.3) is 11.1 Å². The number of nitrogens with one attached hydrogen (secondary N) is 1. The first kappa shape index (κ1) is 20.0. The number of rotatable bonds is 0. The van der Waals surface area contributed by atoms with E-state index < -0.39 is 28.6 Å². The zero-order chi connectivity index (χ0) is 21.3. The van der Waals surface area contributed by atoms with Crippen molar-refractivity contribution >= 4 is 22.6 Å². The van der Waals surface area contributed by atoms with Crippen LogP contribution in [-0.4, -0.2) is 28.4 Å². The van der Waals surface area contributed by atoms with Gasteiger partial charge in [0.25, 0.3) is 0 Å². The standard InChI is InChI=1S/C21H16F2N2O4S/c1-12-8-13-9-20(24-12)30(27)25-18-10-15(16(22)11-17(18)23)14-4-2-3-5-19(14)28-6-7-29-21(13)26/h2-5,8-11,25H,6-7H2,1H3. The number of pyridine rings is 1. The van der Waals surface area contributed by atoms with Gasteiger partial charge in [0.05, 0.1) is 11.3 Å². The van der Waals surface area contributed by atoms with Crippen molar-refractivity contribution in [3.05, 3.63) is 71.4 Å². The number of fused-ring (bicyclic) bond motifs is 6. The Labute approximate surface area is 173 Å². The Bertz CT molecular complexity index is 1170. The molecule has 1 aliphatic rings. The molecule has 0 spiro atoms. The Balaban J connectivity index is 1.85. The Morgan fingerprint density at radius 1 is 1.00 bits per heavy atom. The van der Waals surface area contributed by atoms with Crippen molar-refractivity contribution in [2.75, 3.05) is 17.9 Å². The van der Waals surface area contributed by atoms with Crippen molar-refractivity contribution in [3.8, 4) is 16.9 Å². The monoisotopic (exact) mass is 430 g/mol. The predicted molar refractivity (Wildman–Crippen MR) is 107 cm³/mol. The van der Waals surface area contributed by atoms with Crippen LogP contribution in [0.15, 0.2) is 53.6 Å². The van der Waals surface area contributed by atoms with Gasteiger partial charge in [-0.05, 0) is 31.2 Å². The van der Waals surface area contributed by atoms with Gasteiger partial charge in [0.15, 0.2) is 11.0 Å². The van der Waals surface area contributed by atoms with Crippen LogP contribution in [0.2, 0.25) is 0 Å². The van der Waals surface area contributed by atoms with E-state index in [2.05, 4.69) is 9.71 Å².